The number of halogens is 5. The second-order valence-corrected chi connectivity index (χ2v) is 10.5. The highest BCUT2D eigenvalue weighted by Gasteiger charge is 2.52. The van der Waals surface area contributed by atoms with E-state index in [1.807, 2.05) is 0 Å². The van der Waals surface area contributed by atoms with E-state index in [2.05, 4.69) is 25.5 Å². The molecule has 0 radical (unpaired) electrons. The van der Waals surface area contributed by atoms with Gasteiger partial charge in [-0.3, -0.25) is 14.4 Å². The second-order valence-electron chi connectivity index (χ2n) is 10.5. The van der Waals surface area contributed by atoms with Crippen molar-refractivity contribution >= 4 is 23.4 Å². The van der Waals surface area contributed by atoms with Crippen LogP contribution in [0.1, 0.15) is 65.1 Å². The van der Waals surface area contributed by atoms with Gasteiger partial charge in [-0.1, -0.05) is 6.07 Å². The van der Waals surface area contributed by atoms with Gasteiger partial charge >= 0.3 is 12.3 Å². The number of hydrogen-bond donors (Lipinski definition) is 3. The molecule has 2 heterocycles. The molecule has 6 rings (SSSR count). The number of hydrogen-bond acceptors (Lipinski definition) is 6. The number of carbonyl (C=O) groups is 3. The van der Waals surface area contributed by atoms with Gasteiger partial charge in [-0.15, -0.1) is 13.2 Å². The van der Waals surface area contributed by atoms with E-state index in [0.717, 1.165) is 35.0 Å². The van der Waals surface area contributed by atoms with E-state index in [4.69, 9.17) is 0 Å². The zero-order chi connectivity index (χ0) is 29.6. The van der Waals surface area contributed by atoms with E-state index in [-0.39, 0.29) is 35.5 Å². The van der Waals surface area contributed by atoms with Gasteiger partial charge in [0, 0.05) is 19.2 Å². The molecule has 3 aromatic rings. The third-order valence-electron chi connectivity index (χ3n) is 8.05. The van der Waals surface area contributed by atoms with Gasteiger partial charge in [0.25, 0.3) is 11.8 Å². The van der Waals surface area contributed by atoms with Crippen LogP contribution in [-0.4, -0.2) is 50.4 Å². The number of nitrogens with one attached hydrogen (secondary N) is 2. The molecule has 2 amide bonds. The molecule has 3 aliphatic rings. The van der Waals surface area contributed by atoms with E-state index in [0.29, 0.717) is 38.5 Å². The predicted octanol–water partition coefficient (Wildman–Crippen LogP) is 3.99. The van der Waals surface area contributed by atoms with Crippen molar-refractivity contribution in [1.29, 1.82) is 0 Å². The Morgan fingerprint density at radius 2 is 1.66 bits per heavy atom. The lowest BCUT2D eigenvalue weighted by Crippen LogP contribution is -2.50. The monoisotopic (exact) mass is 581 g/mol. The van der Waals surface area contributed by atoms with Crippen LogP contribution in [0.15, 0.2) is 30.5 Å². The number of carbonyl (C=O) groups excluding carboxylic acids is 2. The Morgan fingerprint density at radius 1 is 0.976 bits per heavy atom. The summed E-state index contributed by atoms with van der Waals surface area (Å²) in [7, 11) is 0. The molecule has 0 unspecified atom stereocenters. The Kier molecular flexibility index (Phi) is 7.07. The number of alkyl halides is 3. The average molecular weight is 581 g/mol. The molecule has 3 saturated carbocycles. The first kappa shape index (κ1) is 28.2. The standard InChI is InChI=1S/C26H24F5N5O5/c27-15-2-1-14(9-19(15)41-26(29,30)31)11-32-21(37)17-10-18(36-20(35-17)16(28)12-34-36)22(38)33-13-24-3-6-25(7-4-24,8-5-24)23(39)40/h1-2,9-10,12H,3-8,11,13H2,(H,32,37)(H,33,38)(H,39,40). The number of aliphatic carboxylic acids is 1. The third-order valence-corrected chi connectivity index (χ3v) is 8.05. The van der Waals surface area contributed by atoms with Crippen LogP contribution in [-0.2, 0) is 11.3 Å². The lowest BCUT2D eigenvalue weighted by Gasteiger charge is -2.51. The summed E-state index contributed by atoms with van der Waals surface area (Å²) in [5.74, 6) is -5.56. The van der Waals surface area contributed by atoms with Gasteiger partial charge in [0.2, 0.25) is 0 Å². The average Bonchev–Trinajstić information content (AvgIpc) is 3.32. The molecular weight excluding hydrogens is 557 g/mol. The largest absolute Gasteiger partial charge is 0.573 e. The lowest BCUT2D eigenvalue weighted by molar-refractivity contribution is -0.275. The van der Waals surface area contributed by atoms with Gasteiger partial charge in [-0.25, -0.2) is 18.3 Å². The zero-order valence-corrected chi connectivity index (χ0v) is 21.4. The van der Waals surface area contributed by atoms with Crippen molar-refractivity contribution in [2.24, 2.45) is 10.8 Å². The summed E-state index contributed by atoms with van der Waals surface area (Å²) in [5, 5.41) is 18.6. The summed E-state index contributed by atoms with van der Waals surface area (Å²) < 4.78 is 70.2. The van der Waals surface area contributed by atoms with Gasteiger partial charge in [-0.05, 0) is 61.6 Å². The molecule has 218 valence electrons. The minimum atomic E-state index is -5.12. The Labute approximate surface area is 228 Å². The van der Waals surface area contributed by atoms with Crippen molar-refractivity contribution in [2.75, 3.05) is 6.54 Å². The van der Waals surface area contributed by atoms with Crippen molar-refractivity contribution < 1.29 is 46.2 Å². The SMILES string of the molecule is O=C(NCc1ccc(F)c(OC(F)(F)F)c1)c1cc(C(=O)NCC23CCC(C(=O)O)(CC2)CC3)n2ncc(F)c2n1. The summed E-state index contributed by atoms with van der Waals surface area (Å²) in [5.41, 5.74) is -1.85. The maximum atomic E-state index is 14.4. The van der Waals surface area contributed by atoms with Crippen molar-refractivity contribution in [3.8, 4) is 5.75 Å². The molecule has 2 aromatic heterocycles. The van der Waals surface area contributed by atoms with E-state index in [1.54, 1.807) is 0 Å². The van der Waals surface area contributed by atoms with Gasteiger partial charge in [-0.2, -0.15) is 5.10 Å². The summed E-state index contributed by atoms with van der Waals surface area (Å²) in [4.78, 5) is 41.7. The first-order valence-electron chi connectivity index (χ1n) is 12.7. The molecule has 0 aliphatic heterocycles. The number of carboxylic acid groups (broad SMARTS) is 1. The summed E-state index contributed by atoms with van der Waals surface area (Å²) in [6.07, 6.45) is -0.838. The predicted molar refractivity (Wildman–Crippen MR) is 130 cm³/mol. The summed E-state index contributed by atoms with van der Waals surface area (Å²) in [6.45, 7) is -0.104. The molecule has 3 fully saturated rings. The van der Waals surface area contributed by atoms with E-state index in [9.17, 15) is 41.4 Å². The van der Waals surface area contributed by atoms with Gasteiger partial charge < -0.3 is 20.5 Å². The van der Waals surface area contributed by atoms with Crippen molar-refractivity contribution in [3.63, 3.8) is 0 Å². The van der Waals surface area contributed by atoms with Crippen molar-refractivity contribution in [1.82, 2.24) is 25.2 Å². The molecule has 1 aromatic carbocycles. The van der Waals surface area contributed by atoms with E-state index in [1.165, 1.54) is 0 Å². The molecule has 10 nitrogen and oxygen atoms in total. The molecule has 3 N–H and O–H groups in total. The second kappa shape index (κ2) is 10.3. The first-order chi connectivity index (χ1) is 19.3. The minimum absolute atomic E-state index is 0.0692. The Balaban J connectivity index is 1.30. The molecule has 0 spiro atoms. The fourth-order valence-electron chi connectivity index (χ4n) is 5.56. The van der Waals surface area contributed by atoms with Crippen molar-refractivity contribution in [2.45, 2.75) is 51.4 Å². The number of aromatic nitrogens is 3. The van der Waals surface area contributed by atoms with Crippen LogP contribution in [0.3, 0.4) is 0 Å². The third kappa shape index (κ3) is 5.65. The summed E-state index contributed by atoms with van der Waals surface area (Å²) >= 11 is 0. The number of ether oxygens (including phenoxy) is 1. The topological polar surface area (TPSA) is 135 Å². The summed E-state index contributed by atoms with van der Waals surface area (Å²) in [6, 6.07) is 3.76. The number of rotatable bonds is 8. The molecular formula is C26H24F5N5O5. The number of carboxylic acids is 1. The van der Waals surface area contributed by atoms with Crippen LogP contribution >= 0.6 is 0 Å². The van der Waals surface area contributed by atoms with Crippen LogP contribution < -0.4 is 15.4 Å². The highest BCUT2D eigenvalue weighted by Crippen LogP contribution is 2.56. The molecule has 3 aliphatic carbocycles. The van der Waals surface area contributed by atoms with E-state index >= 15 is 0 Å². The van der Waals surface area contributed by atoms with Crippen LogP contribution in [0.5, 0.6) is 5.75 Å². The van der Waals surface area contributed by atoms with Crippen LogP contribution in [0.2, 0.25) is 0 Å². The smallest absolute Gasteiger partial charge is 0.481 e. The molecule has 0 saturated heterocycles. The highest BCUT2D eigenvalue weighted by molar-refractivity contribution is 5.98. The van der Waals surface area contributed by atoms with Gasteiger partial charge in [0.15, 0.2) is 23.0 Å². The zero-order valence-electron chi connectivity index (χ0n) is 21.4. The number of amides is 2. The van der Waals surface area contributed by atoms with Crippen molar-refractivity contribution in [3.05, 3.63) is 59.0 Å². The molecule has 0 atom stereocenters. The maximum Gasteiger partial charge on any atom is 0.573 e. The number of benzene rings is 1. The van der Waals surface area contributed by atoms with Crippen LogP contribution in [0.25, 0.3) is 5.65 Å². The maximum absolute atomic E-state index is 14.4. The number of fused-ring (bicyclic) bond motifs is 4. The quantitative estimate of drug-likeness (QED) is 0.343. The fourth-order valence-corrected chi connectivity index (χ4v) is 5.56. The highest BCUT2D eigenvalue weighted by atomic mass is 19.4. The normalized spacial score (nSPS) is 22.0. The first-order valence-corrected chi connectivity index (χ1v) is 12.7. The van der Waals surface area contributed by atoms with Gasteiger partial charge in [0.1, 0.15) is 11.4 Å². The molecule has 15 heteroatoms. The molecule has 2 bridgehead atoms. The van der Waals surface area contributed by atoms with Crippen LogP contribution in [0.4, 0.5) is 22.0 Å². The number of nitrogens with zero attached hydrogens (tertiary/aromatic N) is 3. The Bertz CT molecular complexity index is 1510. The minimum Gasteiger partial charge on any atom is -0.481 e. The lowest BCUT2D eigenvalue weighted by atomic mass is 9.53. The van der Waals surface area contributed by atoms with Gasteiger partial charge in [0.05, 0.1) is 11.6 Å². The van der Waals surface area contributed by atoms with E-state index < -0.39 is 52.6 Å². The fraction of sp³-hybridized carbons (Fsp3) is 0.423. The Morgan fingerprint density at radius 3 is 2.29 bits per heavy atom. The van der Waals surface area contributed by atoms with Crippen LogP contribution in [0, 0.1) is 22.5 Å². The molecule has 41 heavy (non-hydrogen) atoms. The Hall–Kier alpha value is -4.30.